The van der Waals surface area contributed by atoms with E-state index in [1.165, 1.54) is 11.8 Å². The largest absolute Gasteiger partial charge is 0.357 e. The molecule has 0 aliphatic heterocycles. The van der Waals surface area contributed by atoms with Gasteiger partial charge in [-0.2, -0.15) is 0 Å². The SMILES string of the molecule is CNc1nc(Cl)cc(SC)n1. The van der Waals surface area contributed by atoms with Crippen LogP contribution < -0.4 is 5.32 Å². The van der Waals surface area contributed by atoms with Crippen LogP contribution in [0.4, 0.5) is 5.95 Å². The van der Waals surface area contributed by atoms with E-state index in [1.807, 2.05) is 6.26 Å². The molecule has 1 N–H and O–H groups in total. The summed E-state index contributed by atoms with van der Waals surface area (Å²) in [4.78, 5) is 8.06. The lowest BCUT2D eigenvalue weighted by atomic mass is 10.7. The van der Waals surface area contributed by atoms with Gasteiger partial charge in [0.05, 0.1) is 0 Å². The minimum absolute atomic E-state index is 0.466. The van der Waals surface area contributed by atoms with Gasteiger partial charge in [-0.15, -0.1) is 11.8 Å². The maximum absolute atomic E-state index is 5.70. The zero-order valence-electron chi connectivity index (χ0n) is 6.26. The molecular formula is C6H8ClN3S. The zero-order chi connectivity index (χ0) is 8.27. The standard InChI is InChI=1S/C6H8ClN3S/c1-8-6-9-4(7)3-5(10-6)11-2/h3H,1-2H3,(H,8,9,10). The number of nitrogens with one attached hydrogen (secondary N) is 1. The highest BCUT2D eigenvalue weighted by molar-refractivity contribution is 7.98. The lowest BCUT2D eigenvalue weighted by Crippen LogP contribution is -1.96. The van der Waals surface area contributed by atoms with E-state index < -0.39 is 0 Å². The van der Waals surface area contributed by atoms with Gasteiger partial charge in [-0.1, -0.05) is 11.6 Å². The molecule has 60 valence electrons. The normalized spacial score (nSPS) is 9.73. The Bertz CT molecular complexity index is 231. The summed E-state index contributed by atoms with van der Waals surface area (Å²) in [5.41, 5.74) is 0. The van der Waals surface area contributed by atoms with E-state index in [-0.39, 0.29) is 0 Å². The Hall–Kier alpha value is -0.480. The van der Waals surface area contributed by atoms with Crippen molar-refractivity contribution < 1.29 is 0 Å². The lowest BCUT2D eigenvalue weighted by molar-refractivity contribution is 1.05. The average molecular weight is 190 g/mol. The molecule has 0 saturated heterocycles. The van der Waals surface area contributed by atoms with Crippen LogP contribution in [0.2, 0.25) is 5.15 Å². The maximum atomic E-state index is 5.70. The van der Waals surface area contributed by atoms with E-state index in [0.29, 0.717) is 11.1 Å². The van der Waals surface area contributed by atoms with Gasteiger partial charge in [0.1, 0.15) is 10.2 Å². The maximum Gasteiger partial charge on any atom is 0.224 e. The third-order valence-corrected chi connectivity index (χ3v) is 1.93. The predicted octanol–water partition coefficient (Wildman–Crippen LogP) is 1.89. The highest BCUT2D eigenvalue weighted by Gasteiger charge is 1.98. The van der Waals surface area contributed by atoms with Crippen molar-refractivity contribution in [2.45, 2.75) is 5.03 Å². The smallest absolute Gasteiger partial charge is 0.224 e. The topological polar surface area (TPSA) is 37.8 Å². The van der Waals surface area contributed by atoms with Crippen LogP contribution in [0, 0.1) is 0 Å². The Balaban J connectivity index is 3.02. The number of rotatable bonds is 2. The molecule has 0 atom stereocenters. The molecule has 0 fully saturated rings. The van der Waals surface area contributed by atoms with E-state index in [2.05, 4.69) is 15.3 Å². The number of hydrogen-bond acceptors (Lipinski definition) is 4. The van der Waals surface area contributed by atoms with Crippen molar-refractivity contribution in [3.05, 3.63) is 11.2 Å². The van der Waals surface area contributed by atoms with Crippen LogP contribution in [0.15, 0.2) is 11.1 Å². The Kier molecular flexibility index (Phi) is 2.96. The molecular weight excluding hydrogens is 182 g/mol. The van der Waals surface area contributed by atoms with Crippen LogP contribution >= 0.6 is 23.4 Å². The second kappa shape index (κ2) is 3.78. The van der Waals surface area contributed by atoms with Gasteiger partial charge in [-0.3, -0.25) is 0 Å². The molecule has 0 spiro atoms. The van der Waals surface area contributed by atoms with Gasteiger partial charge in [-0.25, -0.2) is 9.97 Å². The number of hydrogen-bond donors (Lipinski definition) is 1. The van der Waals surface area contributed by atoms with Crippen molar-refractivity contribution in [2.75, 3.05) is 18.6 Å². The molecule has 0 saturated carbocycles. The van der Waals surface area contributed by atoms with Crippen molar-refractivity contribution >= 4 is 29.3 Å². The van der Waals surface area contributed by atoms with Gasteiger partial charge in [0.2, 0.25) is 5.95 Å². The first-order valence-electron chi connectivity index (χ1n) is 3.02. The van der Waals surface area contributed by atoms with Gasteiger partial charge in [0, 0.05) is 13.1 Å². The Morgan fingerprint density at radius 3 is 2.82 bits per heavy atom. The van der Waals surface area contributed by atoms with Gasteiger partial charge in [-0.05, 0) is 6.26 Å². The Labute approximate surface area is 74.6 Å². The van der Waals surface area contributed by atoms with Crippen molar-refractivity contribution in [3.63, 3.8) is 0 Å². The molecule has 0 aliphatic rings. The van der Waals surface area contributed by atoms with E-state index >= 15 is 0 Å². The summed E-state index contributed by atoms with van der Waals surface area (Å²) < 4.78 is 0. The van der Waals surface area contributed by atoms with E-state index in [1.54, 1.807) is 13.1 Å². The van der Waals surface area contributed by atoms with Crippen LogP contribution in [-0.2, 0) is 0 Å². The molecule has 11 heavy (non-hydrogen) atoms. The molecule has 3 nitrogen and oxygen atoms in total. The second-order valence-electron chi connectivity index (χ2n) is 1.81. The fourth-order valence-electron chi connectivity index (χ4n) is 0.613. The van der Waals surface area contributed by atoms with E-state index in [9.17, 15) is 0 Å². The minimum atomic E-state index is 0.466. The molecule has 0 aliphatic carbocycles. The fraction of sp³-hybridized carbons (Fsp3) is 0.333. The van der Waals surface area contributed by atoms with Crippen LogP contribution in [0.5, 0.6) is 0 Å². The molecule has 0 aromatic carbocycles. The zero-order valence-corrected chi connectivity index (χ0v) is 7.83. The van der Waals surface area contributed by atoms with Crippen LogP contribution in [-0.4, -0.2) is 23.3 Å². The Morgan fingerprint density at radius 2 is 2.27 bits per heavy atom. The first kappa shape index (κ1) is 8.62. The first-order chi connectivity index (χ1) is 5.26. The third kappa shape index (κ3) is 2.24. The second-order valence-corrected chi connectivity index (χ2v) is 3.02. The average Bonchev–Trinajstić information content (AvgIpc) is 2.03. The summed E-state index contributed by atoms with van der Waals surface area (Å²) >= 11 is 7.24. The molecule has 1 aromatic rings. The summed E-state index contributed by atoms with van der Waals surface area (Å²) in [6.45, 7) is 0. The van der Waals surface area contributed by atoms with E-state index in [4.69, 9.17) is 11.6 Å². The van der Waals surface area contributed by atoms with Crippen LogP contribution in [0.1, 0.15) is 0 Å². The fourth-order valence-corrected chi connectivity index (χ4v) is 1.27. The van der Waals surface area contributed by atoms with Gasteiger partial charge >= 0.3 is 0 Å². The monoisotopic (exact) mass is 189 g/mol. The number of aromatic nitrogens is 2. The predicted molar refractivity (Wildman–Crippen MR) is 48.4 cm³/mol. The third-order valence-electron chi connectivity index (χ3n) is 1.10. The number of anilines is 1. The molecule has 1 aromatic heterocycles. The quantitative estimate of drug-likeness (QED) is 0.570. The lowest BCUT2D eigenvalue weighted by Gasteiger charge is -2.00. The van der Waals surface area contributed by atoms with Crippen molar-refractivity contribution in [3.8, 4) is 0 Å². The molecule has 5 heteroatoms. The number of nitrogens with zero attached hydrogens (tertiary/aromatic N) is 2. The summed E-state index contributed by atoms with van der Waals surface area (Å²) in [6.07, 6.45) is 1.94. The number of halogens is 1. The highest BCUT2D eigenvalue weighted by Crippen LogP contribution is 2.17. The van der Waals surface area contributed by atoms with Crippen molar-refractivity contribution in [2.24, 2.45) is 0 Å². The summed E-state index contributed by atoms with van der Waals surface area (Å²) in [6, 6.07) is 1.73. The van der Waals surface area contributed by atoms with Gasteiger partial charge in [0.25, 0.3) is 0 Å². The molecule has 0 radical (unpaired) electrons. The summed E-state index contributed by atoms with van der Waals surface area (Å²) in [5.74, 6) is 0.557. The summed E-state index contributed by atoms with van der Waals surface area (Å²) in [7, 11) is 1.76. The Morgan fingerprint density at radius 1 is 1.55 bits per heavy atom. The minimum Gasteiger partial charge on any atom is -0.357 e. The van der Waals surface area contributed by atoms with Crippen LogP contribution in [0.3, 0.4) is 0 Å². The molecule has 0 amide bonds. The summed E-state index contributed by atoms with van der Waals surface area (Å²) in [5, 5.41) is 4.16. The van der Waals surface area contributed by atoms with Gasteiger partial charge < -0.3 is 5.32 Å². The molecule has 0 bridgehead atoms. The molecule has 1 rings (SSSR count). The van der Waals surface area contributed by atoms with Crippen molar-refractivity contribution in [1.82, 2.24) is 9.97 Å². The molecule has 0 unspecified atom stereocenters. The van der Waals surface area contributed by atoms with Crippen molar-refractivity contribution in [1.29, 1.82) is 0 Å². The first-order valence-corrected chi connectivity index (χ1v) is 4.63. The highest BCUT2D eigenvalue weighted by atomic mass is 35.5. The van der Waals surface area contributed by atoms with E-state index in [0.717, 1.165) is 5.03 Å². The van der Waals surface area contributed by atoms with Crippen LogP contribution in [0.25, 0.3) is 0 Å². The number of thioether (sulfide) groups is 1. The molecule has 1 heterocycles. The van der Waals surface area contributed by atoms with Gasteiger partial charge in [0.15, 0.2) is 0 Å².